The van der Waals surface area contributed by atoms with Gasteiger partial charge in [-0.15, -0.1) is 0 Å². The van der Waals surface area contributed by atoms with Crippen LogP contribution in [-0.4, -0.2) is 9.78 Å². The molecular weight excluding hydrogens is 238 g/mol. The molecule has 2 N–H and O–H groups in total. The third-order valence-electron chi connectivity index (χ3n) is 3.54. The fourth-order valence-corrected chi connectivity index (χ4v) is 2.47. The van der Waals surface area contributed by atoms with E-state index < -0.39 is 0 Å². The van der Waals surface area contributed by atoms with Gasteiger partial charge in [-0.1, -0.05) is 19.9 Å². The molecule has 0 amide bonds. The molecule has 4 heteroatoms. The van der Waals surface area contributed by atoms with E-state index in [1.807, 2.05) is 24.1 Å². The van der Waals surface area contributed by atoms with Crippen LogP contribution in [0.25, 0.3) is 5.57 Å². The molecule has 0 atom stereocenters. The van der Waals surface area contributed by atoms with Gasteiger partial charge >= 0.3 is 0 Å². The van der Waals surface area contributed by atoms with Crippen molar-refractivity contribution in [1.29, 1.82) is 0 Å². The number of allylic oxidation sites excluding steroid dienone is 4. The number of aromatic nitrogens is 2. The van der Waals surface area contributed by atoms with Gasteiger partial charge in [0.2, 0.25) is 0 Å². The molecule has 2 rings (SSSR count). The average Bonchev–Trinajstić information content (AvgIpc) is 3.11. The molecule has 0 saturated heterocycles. The van der Waals surface area contributed by atoms with Gasteiger partial charge < -0.3 is 4.84 Å². The molecule has 19 heavy (non-hydrogen) atoms. The minimum Gasteiger partial charge on any atom is -0.415 e. The molecule has 0 unspecified atom stereocenters. The summed E-state index contributed by atoms with van der Waals surface area (Å²) < 4.78 is 1.81. The van der Waals surface area contributed by atoms with Gasteiger partial charge in [-0.05, 0) is 31.3 Å². The lowest BCUT2D eigenvalue weighted by Crippen LogP contribution is -2.08. The van der Waals surface area contributed by atoms with E-state index in [0.29, 0.717) is 11.8 Å². The maximum absolute atomic E-state index is 5.54. The molecular formula is C15H23N3O. The number of hydrogen-bond acceptors (Lipinski definition) is 3. The Kier molecular flexibility index (Phi) is 4.10. The van der Waals surface area contributed by atoms with Crippen LogP contribution >= 0.6 is 0 Å². The highest BCUT2D eigenvalue weighted by atomic mass is 16.6. The van der Waals surface area contributed by atoms with E-state index in [4.69, 9.17) is 10.7 Å². The summed E-state index contributed by atoms with van der Waals surface area (Å²) in [5.41, 5.74) is 3.47. The van der Waals surface area contributed by atoms with Crippen molar-refractivity contribution in [1.82, 2.24) is 9.78 Å². The van der Waals surface area contributed by atoms with E-state index in [9.17, 15) is 0 Å². The fraction of sp³-hybridized carbons (Fsp3) is 0.533. The average molecular weight is 261 g/mol. The second-order valence-electron chi connectivity index (χ2n) is 5.43. The Labute approximate surface area is 114 Å². The number of nitrogens with zero attached hydrogens (tertiary/aromatic N) is 2. The van der Waals surface area contributed by atoms with Gasteiger partial charge in [0.05, 0.1) is 6.20 Å². The SMILES string of the molecule is C/C=C(\C(=C(/ON)C1CC1)c1cnn(C)c1)C(C)C. The van der Waals surface area contributed by atoms with Crippen molar-refractivity contribution in [2.75, 3.05) is 0 Å². The van der Waals surface area contributed by atoms with Gasteiger partial charge in [0.15, 0.2) is 0 Å². The summed E-state index contributed by atoms with van der Waals surface area (Å²) in [6, 6.07) is 0. The highest BCUT2D eigenvalue weighted by Gasteiger charge is 2.32. The zero-order chi connectivity index (χ0) is 14.0. The quantitative estimate of drug-likeness (QED) is 0.503. The molecule has 0 aliphatic heterocycles. The Morgan fingerprint density at radius 3 is 2.58 bits per heavy atom. The topological polar surface area (TPSA) is 53.1 Å². The molecule has 1 aliphatic rings. The second kappa shape index (κ2) is 5.61. The predicted molar refractivity (Wildman–Crippen MR) is 76.7 cm³/mol. The monoisotopic (exact) mass is 261 g/mol. The van der Waals surface area contributed by atoms with E-state index in [0.717, 1.165) is 29.7 Å². The van der Waals surface area contributed by atoms with Crippen molar-refractivity contribution in [2.45, 2.75) is 33.6 Å². The third kappa shape index (κ3) is 2.89. The Balaban J connectivity index is 2.55. The Morgan fingerprint density at radius 2 is 2.21 bits per heavy atom. The smallest absolute Gasteiger partial charge is 0.135 e. The molecule has 1 aromatic heterocycles. The summed E-state index contributed by atoms with van der Waals surface area (Å²) in [6.45, 7) is 6.44. The first-order valence-electron chi connectivity index (χ1n) is 6.85. The number of aryl methyl sites for hydroxylation is 1. The lowest BCUT2D eigenvalue weighted by atomic mass is 9.89. The zero-order valence-electron chi connectivity index (χ0n) is 12.2. The molecule has 1 aromatic rings. The van der Waals surface area contributed by atoms with Gasteiger partial charge in [0, 0.05) is 30.3 Å². The second-order valence-corrected chi connectivity index (χ2v) is 5.43. The summed E-state index contributed by atoms with van der Waals surface area (Å²) in [4.78, 5) is 5.23. The van der Waals surface area contributed by atoms with Crippen molar-refractivity contribution in [3.63, 3.8) is 0 Å². The van der Waals surface area contributed by atoms with Gasteiger partial charge in [-0.2, -0.15) is 11.0 Å². The van der Waals surface area contributed by atoms with Crippen LogP contribution in [0.2, 0.25) is 0 Å². The van der Waals surface area contributed by atoms with Crippen molar-refractivity contribution in [2.24, 2.45) is 24.8 Å². The summed E-state index contributed by atoms with van der Waals surface area (Å²) in [6.07, 6.45) is 8.36. The molecule has 1 heterocycles. The van der Waals surface area contributed by atoms with Crippen LogP contribution in [0.5, 0.6) is 0 Å². The van der Waals surface area contributed by atoms with Crippen LogP contribution in [0.1, 0.15) is 39.2 Å². The first-order chi connectivity index (χ1) is 9.08. The normalized spacial score (nSPS) is 17.7. The molecule has 0 radical (unpaired) electrons. The largest absolute Gasteiger partial charge is 0.415 e. The van der Waals surface area contributed by atoms with E-state index >= 15 is 0 Å². The molecule has 0 bridgehead atoms. The van der Waals surface area contributed by atoms with E-state index in [1.54, 1.807) is 0 Å². The molecule has 1 fully saturated rings. The first kappa shape index (κ1) is 13.9. The van der Waals surface area contributed by atoms with Gasteiger partial charge in [0.25, 0.3) is 0 Å². The zero-order valence-corrected chi connectivity index (χ0v) is 12.2. The summed E-state index contributed by atoms with van der Waals surface area (Å²) in [5, 5.41) is 4.27. The number of hydrogen-bond donors (Lipinski definition) is 1. The molecule has 104 valence electrons. The van der Waals surface area contributed by atoms with Crippen molar-refractivity contribution < 1.29 is 4.84 Å². The Bertz CT molecular complexity index is 507. The lowest BCUT2D eigenvalue weighted by Gasteiger charge is -2.18. The van der Waals surface area contributed by atoms with E-state index in [-0.39, 0.29) is 0 Å². The van der Waals surface area contributed by atoms with E-state index in [1.165, 1.54) is 5.57 Å². The van der Waals surface area contributed by atoms with Crippen molar-refractivity contribution >= 4 is 5.57 Å². The van der Waals surface area contributed by atoms with Crippen LogP contribution in [0.15, 0.2) is 29.8 Å². The number of rotatable bonds is 5. The van der Waals surface area contributed by atoms with Crippen LogP contribution in [0, 0.1) is 11.8 Å². The standard InChI is InChI=1S/C15H23N3O/c1-5-13(10(2)3)14(12-8-17-18(4)9-12)15(19-16)11-6-7-11/h5,8-11H,6-7,16H2,1-4H3/b13-5-,15-14-. The van der Waals surface area contributed by atoms with Crippen LogP contribution < -0.4 is 5.90 Å². The van der Waals surface area contributed by atoms with Crippen LogP contribution in [0.4, 0.5) is 0 Å². The summed E-state index contributed by atoms with van der Waals surface area (Å²) in [5.74, 6) is 7.34. The Hall–Kier alpha value is -1.55. The van der Waals surface area contributed by atoms with Crippen molar-refractivity contribution in [3.05, 3.63) is 35.4 Å². The molecule has 0 spiro atoms. The summed E-state index contributed by atoms with van der Waals surface area (Å²) in [7, 11) is 1.92. The lowest BCUT2D eigenvalue weighted by molar-refractivity contribution is 0.206. The molecule has 4 nitrogen and oxygen atoms in total. The highest BCUT2D eigenvalue weighted by Crippen LogP contribution is 2.43. The summed E-state index contributed by atoms with van der Waals surface area (Å²) >= 11 is 0. The first-order valence-corrected chi connectivity index (χ1v) is 6.85. The minimum absolute atomic E-state index is 0.420. The maximum Gasteiger partial charge on any atom is 0.135 e. The highest BCUT2D eigenvalue weighted by molar-refractivity contribution is 5.80. The maximum atomic E-state index is 5.54. The predicted octanol–water partition coefficient (Wildman–Crippen LogP) is 3.03. The fourth-order valence-electron chi connectivity index (χ4n) is 2.47. The van der Waals surface area contributed by atoms with E-state index in [2.05, 4.69) is 31.9 Å². The molecule has 1 aliphatic carbocycles. The van der Waals surface area contributed by atoms with Gasteiger partial charge in [-0.3, -0.25) is 4.68 Å². The van der Waals surface area contributed by atoms with Crippen LogP contribution in [0.3, 0.4) is 0 Å². The number of nitrogens with two attached hydrogens (primary N) is 1. The van der Waals surface area contributed by atoms with Gasteiger partial charge in [0.1, 0.15) is 5.76 Å². The molecule has 0 aromatic carbocycles. The van der Waals surface area contributed by atoms with Gasteiger partial charge in [-0.25, -0.2) is 0 Å². The van der Waals surface area contributed by atoms with Crippen molar-refractivity contribution in [3.8, 4) is 0 Å². The molecule has 1 saturated carbocycles. The minimum atomic E-state index is 0.420. The Morgan fingerprint density at radius 1 is 1.53 bits per heavy atom. The third-order valence-corrected chi connectivity index (χ3v) is 3.54. The van der Waals surface area contributed by atoms with Crippen LogP contribution in [-0.2, 0) is 11.9 Å².